The van der Waals surface area contributed by atoms with Gasteiger partial charge in [0.05, 0.1) is 6.61 Å². The first-order valence-electron chi connectivity index (χ1n) is 9.52. The second-order valence-electron chi connectivity index (χ2n) is 7.92. The number of nitrogens with zero attached hydrogens (tertiary/aromatic N) is 1. The van der Waals surface area contributed by atoms with Gasteiger partial charge in [0.15, 0.2) is 0 Å². The Balaban J connectivity index is 1.63. The minimum Gasteiger partial charge on any atom is -0.353 e. The Bertz CT molecular complexity index is 694. The van der Waals surface area contributed by atoms with Gasteiger partial charge < -0.3 is 10.1 Å². The molecule has 140 valence electrons. The molecule has 26 heavy (non-hydrogen) atoms. The minimum atomic E-state index is -0.719. The van der Waals surface area contributed by atoms with Crippen LogP contribution in [0.15, 0.2) is 24.3 Å². The number of nitrogens with one attached hydrogen (secondary N) is 1. The van der Waals surface area contributed by atoms with Gasteiger partial charge in [-0.15, -0.1) is 0 Å². The molecule has 6 heteroatoms. The van der Waals surface area contributed by atoms with Crippen molar-refractivity contribution in [1.29, 1.82) is 0 Å². The molecule has 1 saturated heterocycles. The lowest BCUT2D eigenvalue weighted by Gasteiger charge is -2.43. The number of hydrogen-bond donors (Lipinski definition) is 1. The van der Waals surface area contributed by atoms with Crippen LogP contribution in [-0.4, -0.2) is 41.1 Å². The van der Waals surface area contributed by atoms with Gasteiger partial charge in [0.1, 0.15) is 17.6 Å². The smallest absolute Gasteiger partial charge is 0.256 e. The van der Waals surface area contributed by atoms with E-state index in [2.05, 4.69) is 12.2 Å². The molecule has 3 aliphatic rings. The van der Waals surface area contributed by atoms with Crippen LogP contribution in [0.2, 0.25) is 0 Å². The zero-order chi connectivity index (χ0) is 18.3. The maximum atomic E-state index is 13.3. The number of rotatable bonds is 3. The van der Waals surface area contributed by atoms with Gasteiger partial charge in [0.2, 0.25) is 5.91 Å². The monoisotopic (exact) mass is 360 g/mol. The third-order valence-corrected chi connectivity index (χ3v) is 5.85. The molecule has 2 amide bonds. The highest BCUT2D eigenvalue weighted by molar-refractivity contribution is 5.98. The van der Waals surface area contributed by atoms with Crippen molar-refractivity contribution >= 4 is 11.8 Å². The van der Waals surface area contributed by atoms with Crippen LogP contribution in [0.4, 0.5) is 4.39 Å². The van der Waals surface area contributed by atoms with Crippen molar-refractivity contribution in [2.75, 3.05) is 6.61 Å². The number of benzene rings is 1. The molecule has 1 aliphatic heterocycles. The highest BCUT2D eigenvalue weighted by atomic mass is 19.1. The summed E-state index contributed by atoms with van der Waals surface area (Å²) in [5.74, 6) is -0.193. The van der Waals surface area contributed by atoms with Gasteiger partial charge in [0, 0.05) is 11.6 Å². The number of carbonyl (C=O) groups excluding carboxylic acids is 2. The molecule has 1 spiro atoms. The van der Waals surface area contributed by atoms with E-state index in [0.717, 1.165) is 38.5 Å². The van der Waals surface area contributed by atoms with Gasteiger partial charge in [0.25, 0.3) is 5.91 Å². The van der Waals surface area contributed by atoms with Gasteiger partial charge in [-0.3, -0.25) is 14.5 Å². The highest BCUT2D eigenvalue weighted by Gasteiger charge is 2.53. The summed E-state index contributed by atoms with van der Waals surface area (Å²) in [6.07, 6.45) is 5.37. The molecule has 0 unspecified atom stereocenters. The van der Waals surface area contributed by atoms with Crippen molar-refractivity contribution in [3.05, 3.63) is 35.6 Å². The highest BCUT2D eigenvalue weighted by Crippen LogP contribution is 2.43. The first-order chi connectivity index (χ1) is 12.5. The summed E-state index contributed by atoms with van der Waals surface area (Å²) in [5.41, 5.74) is -0.331. The first-order valence-corrected chi connectivity index (χ1v) is 9.52. The van der Waals surface area contributed by atoms with E-state index in [-0.39, 0.29) is 30.3 Å². The molecule has 5 nitrogen and oxygen atoms in total. The van der Waals surface area contributed by atoms with Crippen molar-refractivity contribution in [2.24, 2.45) is 5.92 Å². The average molecular weight is 360 g/mol. The fourth-order valence-electron chi connectivity index (χ4n) is 4.04. The number of carbonyl (C=O) groups is 2. The van der Waals surface area contributed by atoms with Crippen molar-refractivity contribution in [2.45, 2.75) is 63.3 Å². The van der Waals surface area contributed by atoms with Gasteiger partial charge in [-0.05, 0) is 68.7 Å². The molecule has 1 aromatic rings. The van der Waals surface area contributed by atoms with Crippen LogP contribution < -0.4 is 5.32 Å². The van der Waals surface area contributed by atoms with Crippen molar-refractivity contribution in [3.63, 3.8) is 0 Å². The summed E-state index contributed by atoms with van der Waals surface area (Å²) in [6, 6.07) is 5.11. The molecule has 1 atom stereocenters. The van der Waals surface area contributed by atoms with Crippen LogP contribution in [-0.2, 0) is 9.53 Å². The fraction of sp³-hybridized carbons (Fsp3) is 0.600. The van der Waals surface area contributed by atoms with E-state index in [0.29, 0.717) is 11.5 Å². The third kappa shape index (κ3) is 3.22. The molecule has 3 fully saturated rings. The summed E-state index contributed by atoms with van der Waals surface area (Å²) >= 11 is 0. The van der Waals surface area contributed by atoms with Crippen LogP contribution in [0.5, 0.6) is 0 Å². The van der Waals surface area contributed by atoms with E-state index in [1.54, 1.807) is 4.90 Å². The maximum Gasteiger partial charge on any atom is 0.256 e. The zero-order valence-corrected chi connectivity index (χ0v) is 15.0. The Morgan fingerprint density at radius 1 is 1.15 bits per heavy atom. The fourth-order valence-corrected chi connectivity index (χ4v) is 4.04. The molecule has 2 aliphatic carbocycles. The van der Waals surface area contributed by atoms with Crippen LogP contribution >= 0.6 is 0 Å². The average Bonchev–Trinajstić information content (AvgIpc) is 3.37. The summed E-state index contributed by atoms with van der Waals surface area (Å²) in [4.78, 5) is 27.7. The normalized spacial score (nSPS) is 31.2. The molecule has 1 aromatic carbocycles. The van der Waals surface area contributed by atoms with E-state index in [1.165, 1.54) is 24.3 Å². The Morgan fingerprint density at radius 3 is 2.42 bits per heavy atom. The second-order valence-corrected chi connectivity index (χ2v) is 7.92. The maximum absolute atomic E-state index is 13.3. The molecule has 1 heterocycles. The molecule has 0 radical (unpaired) electrons. The predicted molar refractivity (Wildman–Crippen MR) is 93.8 cm³/mol. The van der Waals surface area contributed by atoms with Crippen molar-refractivity contribution in [3.8, 4) is 0 Å². The van der Waals surface area contributed by atoms with E-state index >= 15 is 0 Å². The molecule has 0 bridgehead atoms. The Morgan fingerprint density at radius 2 is 1.81 bits per heavy atom. The number of halogens is 1. The molecule has 4 rings (SSSR count). The Labute approximate surface area is 152 Å². The van der Waals surface area contributed by atoms with Gasteiger partial charge >= 0.3 is 0 Å². The van der Waals surface area contributed by atoms with Crippen LogP contribution in [0.25, 0.3) is 0 Å². The third-order valence-electron chi connectivity index (χ3n) is 5.85. The van der Waals surface area contributed by atoms with E-state index in [9.17, 15) is 14.0 Å². The minimum absolute atomic E-state index is 0.140. The SMILES string of the molecule is CC1CCC2(CC1)OC[C@H](C(=O)NC1CC1)N2C(=O)c1ccc(F)cc1. The first kappa shape index (κ1) is 17.5. The quantitative estimate of drug-likeness (QED) is 0.902. The van der Waals surface area contributed by atoms with Crippen molar-refractivity contribution in [1.82, 2.24) is 10.2 Å². The van der Waals surface area contributed by atoms with E-state index < -0.39 is 11.8 Å². The lowest BCUT2D eigenvalue weighted by atomic mass is 9.83. The molecular weight excluding hydrogens is 335 g/mol. The van der Waals surface area contributed by atoms with E-state index in [1.807, 2.05) is 0 Å². The molecule has 2 saturated carbocycles. The van der Waals surface area contributed by atoms with Crippen molar-refractivity contribution < 1.29 is 18.7 Å². The Kier molecular flexibility index (Phi) is 4.47. The lowest BCUT2D eigenvalue weighted by Crippen LogP contribution is -2.57. The number of ether oxygens (including phenoxy) is 1. The largest absolute Gasteiger partial charge is 0.353 e. The summed E-state index contributed by atoms with van der Waals surface area (Å²) in [7, 11) is 0. The standard InChI is InChI=1S/C20H25FN2O3/c1-13-8-10-20(11-9-13)23(19(25)14-2-4-15(21)5-3-14)17(12-26-20)18(24)22-16-6-7-16/h2-5,13,16-17H,6-12H2,1H3,(H,22,24)/t13?,17-,20?/m1/s1. The lowest BCUT2D eigenvalue weighted by molar-refractivity contribution is -0.128. The summed E-state index contributed by atoms with van der Waals surface area (Å²) in [6.45, 7) is 2.42. The van der Waals surface area contributed by atoms with Gasteiger partial charge in [-0.25, -0.2) is 4.39 Å². The van der Waals surface area contributed by atoms with Crippen LogP contribution in [0.3, 0.4) is 0 Å². The van der Waals surface area contributed by atoms with Crippen LogP contribution in [0.1, 0.15) is 55.8 Å². The number of amides is 2. The van der Waals surface area contributed by atoms with E-state index in [4.69, 9.17) is 4.74 Å². The Hall–Kier alpha value is -1.95. The molecular formula is C20H25FN2O3. The molecule has 1 N–H and O–H groups in total. The summed E-state index contributed by atoms with van der Waals surface area (Å²) in [5, 5.41) is 3.00. The summed E-state index contributed by atoms with van der Waals surface area (Å²) < 4.78 is 19.4. The zero-order valence-electron chi connectivity index (χ0n) is 15.0. The van der Waals surface area contributed by atoms with Gasteiger partial charge in [-0.2, -0.15) is 0 Å². The second kappa shape index (κ2) is 6.65. The van der Waals surface area contributed by atoms with Gasteiger partial charge in [-0.1, -0.05) is 6.92 Å². The topological polar surface area (TPSA) is 58.6 Å². The van der Waals surface area contributed by atoms with Crippen LogP contribution in [0, 0.1) is 11.7 Å². The predicted octanol–water partition coefficient (Wildman–Crippen LogP) is 2.85. The number of hydrogen-bond acceptors (Lipinski definition) is 3. The molecule has 0 aromatic heterocycles.